The van der Waals surface area contributed by atoms with Crippen LogP contribution >= 0.6 is 11.8 Å². The zero-order valence-electron chi connectivity index (χ0n) is 18.9. The molecule has 1 aliphatic heterocycles. The Kier molecular flexibility index (Phi) is 7.10. The SMILES string of the molecule is CC(=O)c1ccccc1NC(=O)C(C)Sc1nnc(N2CCOCC2)n1-c1ccc(C)cc1. The summed E-state index contributed by atoms with van der Waals surface area (Å²) < 4.78 is 7.48. The van der Waals surface area contributed by atoms with E-state index in [4.69, 9.17) is 4.74 Å². The zero-order valence-corrected chi connectivity index (χ0v) is 19.8. The second-order valence-electron chi connectivity index (χ2n) is 7.90. The number of anilines is 2. The van der Waals surface area contributed by atoms with Crippen molar-refractivity contribution in [1.82, 2.24) is 14.8 Å². The Bertz CT molecular complexity index is 1140. The lowest BCUT2D eigenvalue weighted by molar-refractivity contribution is -0.115. The van der Waals surface area contributed by atoms with Crippen LogP contribution < -0.4 is 10.2 Å². The summed E-state index contributed by atoms with van der Waals surface area (Å²) >= 11 is 1.33. The number of thioether (sulfide) groups is 1. The van der Waals surface area contributed by atoms with Crippen molar-refractivity contribution in [3.8, 4) is 5.69 Å². The maximum atomic E-state index is 13.0. The molecule has 0 aliphatic carbocycles. The number of aryl methyl sites for hydroxylation is 1. The lowest BCUT2D eigenvalue weighted by atomic mass is 10.1. The molecule has 172 valence electrons. The number of nitrogens with one attached hydrogen (secondary N) is 1. The van der Waals surface area contributed by atoms with Gasteiger partial charge in [0.1, 0.15) is 0 Å². The normalized spacial score (nSPS) is 14.7. The summed E-state index contributed by atoms with van der Waals surface area (Å²) in [5.41, 5.74) is 3.09. The van der Waals surface area contributed by atoms with Crippen molar-refractivity contribution in [1.29, 1.82) is 0 Å². The molecule has 1 amide bonds. The molecule has 0 bridgehead atoms. The average Bonchev–Trinajstić information content (AvgIpc) is 3.23. The van der Waals surface area contributed by atoms with Crippen LogP contribution in [-0.4, -0.2) is 58.0 Å². The third-order valence-corrected chi connectivity index (χ3v) is 6.46. The van der Waals surface area contributed by atoms with E-state index in [0.717, 1.165) is 30.3 Å². The molecular weight excluding hydrogens is 438 g/mol. The van der Waals surface area contributed by atoms with Crippen LogP contribution in [0.25, 0.3) is 5.69 Å². The number of hydrogen-bond acceptors (Lipinski definition) is 7. The molecule has 2 aromatic carbocycles. The van der Waals surface area contributed by atoms with Crippen LogP contribution in [0.4, 0.5) is 11.6 Å². The van der Waals surface area contributed by atoms with Gasteiger partial charge in [-0.2, -0.15) is 0 Å². The molecule has 0 saturated carbocycles. The minimum atomic E-state index is -0.462. The molecule has 1 atom stereocenters. The summed E-state index contributed by atoms with van der Waals surface area (Å²) in [5, 5.41) is 11.9. The highest BCUT2D eigenvalue weighted by Gasteiger charge is 2.25. The molecule has 1 unspecified atom stereocenters. The number of aromatic nitrogens is 3. The molecule has 33 heavy (non-hydrogen) atoms. The summed E-state index contributed by atoms with van der Waals surface area (Å²) in [7, 11) is 0. The molecule has 1 N–H and O–H groups in total. The fourth-order valence-electron chi connectivity index (χ4n) is 3.57. The molecule has 8 nitrogen and oxygen atoms in total. The van der Waals surface area contributed by atoms with E-state index in [1.165, 1.54) is 18.7 Å². The van der Waals surface area contributed by atoms with Gasteiger partial charge in [0.05, 0.1) is 29.8 Å². The van der Waals surface area contributed by atoms with Crippen LogP contribution in [-0.2, 0) is 9.53 Å². The second kappa shape index (κ2) is 10.2. The van der Waals surface area contributed by atoms with E-state index in [-0.39, 0.29) is 11.7 Å². The summed E-state index contributed by atoms with van der Waals surface area (Å²) in [6.45, 7) is 8.08. The predicted molar refractivity (Wildman–Crippen MR) is 130 cm³/mol. The second-order valence-corrected chi connectivity index (χ2v) is 9.21. The van der Waals surface area contributed by atoms with Gasteiger partial charge in [-0.05, 0) is 45.0 Å². The topological polar surface area (TPSA) is 89.3 Å². The van der Waals surface area contributed by atoms with Crippen LogP contribution in [0.1, 0.15) is 29.8 Å². The number of morpholine rings is 1. The van der Waals surface area contributed by atoms with E-state index < -0.39 is 5.25 Å². The van der Waals surface area contributed by atoms with Gasteiger partial charge in [0, 0.05) is 18.7 Å². The van der Waals surface area contributed by atoms with Gasteiger partial charge in [-0.3, -0.25) is 14.2 Å². The molecule has 1 saturated heterocycles. The lowest BCUT2D eigenvalue weighted by Crippen LogP contribution is -2.38. The minimum Gasteiger partial charge on any atom is -0.378 e. The standard InChI is InChI=1S/C24H27N5O3S/c1-16-8-10-19(11-9-16)29-23(28-12-14-32-15-13-28)26-27-24(29)33-18(3)22(31)25-21-7-5-4-6-20(21)17(2)30/h4-11,18H,12-15H2,1-3H3,(H,25,31). The summed E-state index contributed by atoms with van der Waals surface area (Å²) in [4.78, 5) is 27.0. The van der Waals surface area contributed by atoms with Crippen molar-refractivity contribution in [2.75, 3.05) is 36.5 Å². The summed E-state index contributed by atoms with van der Waals surface area (Å²) in [6, 6.07) is 15.2. The first-order valence-electron chi connectivity index (χ1n) is 10.9. The maximum absolute atomic E-state index is 13.0. The molecule has 1 aromatic heterocycles. The number of carbonyl (C=O) groups excluding carboxylic acids is 2. The summed E-state index contributed by atoms with van der Waals surface area (Å²) in [6.07, 6.45) is 0. The highest BCUT2D eigenvalue weighted by molar-refractivity contribution is 8.00. The van der Waals surface area contributed by atoms with E-state index in [1.807, 2.05) is 42.7 Å². The van der Waals surface area contributed by atoms with E-state index in [9.17, 15) is 9.59 Å². The van der Waals surface area contributed by atoms with Gasteiger partial charge in [0.15, 0.2) is 10.9 Å². The number of rotatable bonds is 7. The third kappa shape index (κ3) is 5.26. The van der Waals surface area contributed by atoms with Crippen LogP contribution in [0.2, 0.25) is 0 Å². The quantitative estimate of drug-likeness (QED) is 0.420. The lowest BCUT2D eigenvalue weighted by Gasteiger charge is -2.28. The number of nitrogens with zero attached hydrogens (tertiary/aromatic N) is 4. The molecular formula is C24H27N5O3S. The number of benzene rings is 2. The van der Waals surface area contributed by atoms with Gasteiger partial charge >= 0.3 is 0 Å². The van der Waals surface area contributed by atoms with Crippen molar-refractivity contribution in [2.45, 2.75) is 31.2 Å². The van der Waals surface area contributed by atoms with Crippen molar-refractivity contribution in [3.05, 3.63) is 59.7 Å². The Hall–Kier alpha value is -3.17. The van der Waals surface area contributed by atoms with Crippen molar-refractivity contribution >= 4 is 35.1 Å². The smallest absolute Gasteiger partial charge is 0.237 e. The molecule has 4 rings (SSSR count). The number of Topliss-reactive ketones (excluding diaryl/α,β-unsaturated/α-hetero) is 1. The highest BCUT2D eigenvalue weighted by Crippen LogP contribution is 2.30. The number of hydrogen-bond donors (Lipinski definition) is 1. The van der Waals surface area contributed by atoms with Gasteiger partial charge in [-0.25, -0.2) is 0 Å². The molecule has 1 aliphatic rings. The average molecular weight is 466 g/mol. The Morgan fingerprint density at radius 2 is 1.76 bits per heavy atom. The van der Waals surface area contributed by atoms with Crippen LogP contribution in [0.3, 0.4) is 0 Å². The molecule has 0 radical (unpaired) electrons. The van der Waals surface area contributed by atoms with Crippen LogP contribution in [0, 0.1) is 6.92 Å². The van der Waals surface area contributed by atoms with Gasteiger partial charge in [-0.1, -0.05) is 41.6 Å². The maximum Gasteiger partial charge on any atom is 0.237 e. The largest absolute Gasteiger partial charge is 0.378 e. The first-order chi connectivity index (χ1) is 15.9. The first kappa shape index (κ1) is 23.0. The number of ketones is 1. The fourth-order valence-corrected chi connectivity index (χ4v) is 4.43. The third-order valence-electron chi connectivity index (χ3n) is 5.42. The number of ether oxygens (including phenoxy) is 1. The van der Waals surface area contributed by atoms with Gasteiger partial charge < -0.3 is 15.0 Å². The van der Waals surface area contributed by atoms with E-state index in [2.05, 4.69) is 20.4 Å². The zero-order chi connectivity index (χ0) is 23.4. The van der Waals surface area contributed by atoms with Crippen molar-refractivity contribution < 1.29 is 14.3 Å². The predicted octanol–water partition coefficient (Wildman–Crippen LogP) is 3.73. The van der Waals surface area contributed by atoms with E-state index in [1.54, 1.807) is 24.3 Å². The first-order valence-corrected chi connectivity index (χ1v) is 11.7. The minimum absolute atomic E-state index is 0.0968. The molecule has 9 heteroatoms. The van der Waals surface area contributed by atoms with Crippen LogP contribution in [0.5, 0.6) is 0 Å². The molecule has 1 fully saturated rings. The van der Waals surface area contributed by atoms with Crippen molar-refractivity contribution in [2.24, 2.45) is 0 Å². The van der Waals surface area contributed by atoms with Crippen molar-refractivity contribution in [3.63, 3.8) is 0 Å². The Labute approximate surface area is 197 Å². The van der Waals surface area contributed by atoms with Gasteiger partial charge in [-0.15, -0.1) is 10.2 Å². The van der Waals surface area contributed by atoms with Crippen LogP contribution in [0.15, 0.2) is 53.7 Å². The molecule has 3 aromatic rings. The molecule has 0 spiro atoms. The van der Waals surface area contributed by atoms with E-state index >= 15 is 0 Å². The summed E-state index contributed by atoms with van der Waals surface area (Å²) in [5.74, 6) is 0.430. The monoisotopic (exact) mass is 465 g/mol. The number of amides is 1. The van der Waals surface area contributed by atoms with Gasteiger partial charge in [0.2, 0.25) is 11.9 Å². The Balaban J connectivity index is 1.59. The van der Waals surface area contributed by atoms with Gasteiger partial charge in [0.25, 0.3) is 0 Å². The number of carbonyl (C=O) groups is 2. The number of para-hydroxylation sites is 1. The highest BCUT2D eigenvalue weighted by atomic mass is 32.2. The Morgan fingerprint density at radius 3 is 2.45 bits per heavy atom. The van der Waals surface area contributed by atoms with E-state index in [0.29, 0.717) is 29.6 Å². The fraction of sp³-hybridized carbons (Fsp3) is 0.333. The Morgan fingerprint density at radius 1 is 1.06 bits per heavy atom. The molecule has 2 heterocycles.